The molecular formula is C49H40N2. The van der Waals surface area contributed by atoms with Crippen molar-refractivity contribution in [2.24, 2.45) is 11.8 Å². The van der Waals surface area contributed by atoms with Crippen LogP contribution in [-0.4, -0.2) is 4.57 Å². The fourth-order valence-electron chi connectivity index (χ4n) is 9.32. The molecule has 0 N–H and O–H groups in total. The van der Waals surface area contributed by atoms with Crippen molar-refractivity contribution in [2.75, 3.05) is 4.90 Å². The number of benzene rings is 7. The minimum absolute atomic E-state index is 0.718. The van der Waals surface area contributed by atoms with Gasteiger partial charge in [-0.2, -0.15) is 0 Å². The van der Waals surface area contributed by atoms with Crippen LogP contribution in [0.4, 0.5) is 17.1 Å². The third kappa shape index (κ3) is 5.25. The Kier molecular flexibility index (Phi) is 7.34. The molecule has 2 aliphatic rings. The first-order valence-electron chi connectivity index (χ1n) is 18.5. The topological polar surface area (TPSA) is 8.17 Å². The lowest BCUT2D eigenvalue weighted by Gasteiger charge is -2.27. The third-order valence-corrected chi connectivity index (χ3v) is 11.7. The van der Waals surface area contributed by atoms with Crippen LogP contribution >= 0.6 is 0 Å². The van der Waals surface area contributed by atoms with Gasteiger partial charge in [0.2, 0.25) is 0 Å². The molecule has 2 nitrogen and oxygen atoms in total. The minimum atomic E-state index is 0.718. The van der Waals surface area contributed by atoms with Gasteiger partial charge in [0.1, 0.15) is 0 Å². The predicted octanol–water partition coefficient (Wildman–Crippen LogP) is 13.5. The monoisotopic (exact) mass is 656 g/mol. The van der Waals surface area contributed by atoms with E-state index in [1.807, 2.05) is 0 Å². The van der Waals surface area contributed by atoms with E-state index in [1.165, 1.54) is 86.7 Å². The van der Waals surface area contributed by atoms with E-state index in [-0.39, 0.29) is 0 Å². The van der Waals surface area contributed by atoms with E-state index in [0.29, 0.717) is 0 Å². The second-order valence-corrected chi connectivity index (χ2v) is 14.6. The van der Waals surface area contributed by atoms with Gasteiger partial charge in [0.25, 0.3) is 0 Å². The van der Waals surface area contributed by atoms with Crippen LogP contribution in [0.2, 0.25) is 0 Å². The number of nitrogens with zero attached hydrogens (tertiary/aromatic N) is 2. The number of aromatic nitrogens is 1. The molecule has 7 aromatic carbocycles. The molecule has 0 aliphatic heterocycles. The summed E-state index contributed by atoms with van der Waals surface area (Å²) >= 11 is 0. The SMILES string of the molecule is c1ccc(-c2ccccc2-c2ccc(N(c3ccc(C4CC5CCC4C5)cc3)c3ccc4c(c3)c3ccccc3n4-c3ccccc3)cc2)cc1. The van der Waals surface area contributed by atoms with E-state index in [4.69, 9.17) is 0 Å². The van der Waals surface area contributed by atoms with Gasteiger partial charge in [-0.05, 0) is 125 Å². The van der Waals surface area contributed by atoms with Crippen LogP contribution in [0.1, 0.15) is 37.2 Å². The highest BCUT2D eigenvalue weighted by molar-refractivity contribution is 6.10. The zero-order chi connectivity index (χ0) is 33.7. The molecule has 2 fully saturated rings. The van der Waals surface area contributed by atoms with Crippen LogP contribution in [-0.2, 0) is 0 Å². The fraction of sp³-hybridized carbons (Fsp3) is 0.143. The molecule has 0 saturated heterocycles. The molecule has 8 aromatic rings. The number of para-hydroxylation sites is 2. The summed E-state index contributed by atoms with van der Waals surface area (Å²) in [5.41, 5.74) is 13.6. The quantitative estimate of drug-likeness (QED) is 0.166. The van der Waals surface area contributed by atoms with Gasteiger partial charge >= 0.3 is 0 Å². The largest absolute Gasteiger partial charge is 0.310 e. The average Bonchev–Trinajstić information content (AvgIpc) is 3.93. The van der Waals surface area contributed by atoms with Crippen molar-refractivity contribution in [3.05, 3.63) is 181 Å². The molecule has 3 unspecified atom stereocenters. The molecule has 2 saturated carbocycles. The van der Waals surface area contributed by atoms with Crippen molar-refractivity contribution >= 4 is 38.9 Å². The summed E-state index contributed by atoms with van der Waals surface area (Å²) in [7, 11) is 0. The Morgan fingerprint density at radius 3 is 1.73 bits per heavy atom. The van der Waals surface area contributed by atoms with Gasteiger partial charge in [0.15, 0.2) is 0 Å². The highest BCUT2D eigenvalue weighted by Crippen LogP contribution is 2.53. The number of hydrogen-bond donors (Lipinski definition) is 0. The van der Waals surface area contributed by atoms with Gasteiger partial charge in [0.05, 0.1) is 11.0 Å². The molecule has 1 heterocycles. The van der Waals surface area contributed by atoms with Crippen LogP contribution in [0.15, 0.2) is 176 Å². The van der Waals surface area contributed by atoms with Crippen LogP contribution in [0, 0.1) is 11.8 Å². The molecule has 1 aromatic heterocycles. The van der Waals surface area contributed by atoms with E-state index in [0.717, 1.165) is 29.1 Å². The van der Waals surface area contributed by atoms with Crippen LogP contribution in [0.25, 0.3) is 49.7 Å². The molecule has 246 valence electrons. The average molecular weight is 657 g/mol. The highest BCUT2D eigenvalue weighted by atomic mass is 15.1. The molecule has 0 spiro atoms. The summed E-state index contributed by atoms with van der Waals surface area (Å²) in [4.78, 5) is 2.44. The van der Waals surface area contributed by atoms with E-state index in [1.54, 1.807) is 0 Å². The van der Waals surface area contributed by atoms with Gasteiger partial charge in [-0.15, -0.1) is 0 Å². The van der Waals surface area contributed by atoms with Gasteiger partial charge in [-0.3, -0.25) is 0 Å². The van der Waals surface area contributed by atoms with Gasteiger partial charge in [-0.1, -0.05) is 122 Å². The summed E-state index contributed by atoms with van der Waals surface area (Å²) in [6.07, 6.45) is 5.62. The molecule has 10 rings (SSSR count). The Balaban J connectivity index is 1.09. The molecule has 2 bridgehead atoms. The Bertz CT molecular complexity index is 2480. The Morgan fingerprint density at radius 1 is 0.451 bits per heavy atom. The smallest absolute Gasteiger partial charge is 0.0542 e. The standard InChI is InChI=1S/C49H40N2/c1-3-11-35(12-4-1)43-15-7-8-16-44(43)36-21-25-40(26-22-36)50(41-27-23-37(24-28-41)46-32-34-19-20-38(46)31-34)42-29-30-49-47(33-42)45-17-9-10-18-48(45)51(49)39-13-5-2-6-14-39/h1-18,21-30,33-34,38,46H,19-20,31-32H2. The van der Waals surface area contributed by atoms with E-state index in [2.05, 4.69) is 185 Å². The highest BCUT2D eigenvalue weighted by Gasteiger charge is 2.40. The molecular weight excluding hydrogens is 617 g/mol. The summed E-state index contributed by atoms with van der Waals surface area (Å²) in [6, 6.07) is 64.6. The minimum Gasteiger partial charge on any atom is -0.310 e. The van der Waals surface area contributed by atoms with Crippen LogP contribution in [0.5, 0.6) is 0 Å². The summed E-state index contributed by atoms with van der Waals surface area (Å²) in [5, 5.41) is 2.52. The first kappa shape index (κ1) is 30.0. The first-order chi connectivity index (χ1) is 25.3. The maximum atomic E-state index is 2.44. The van der Waals surface area contributed by atoms with Crippen LogP contribution < -0.4 is 4.90 Å². The first-order valence-corrected chi connectivity index (χ1v) is 18.5. The summed E-state index contributed by atoms with van der Waals surface area (Å²) in [5.74, 6) is 2.52. The molecule has 3 atom stereocenters. The lowest BCUT2D eigenvalue weighted by atomic mass is 9.83. The lowest BCUT2D eigenvalue weighted by Crippen LogP contribution is -2.11. The van der Waals surface area contributed by atoms with Gasteiger partial charge in [-0.25, -0.2) is 0 Å². The predicted molar refractivity (Wildman–Crippen MR) is 215 cm³/mol. The second kappa shape index (κ2) is 12.5. The number of rotatable bonds is 7. The summed E-state index contributed by atoms with van der Waals surface area (Å²) < 4.78 is 2.39. The molecule has 0 radical (unpaired) electrons. The maximum Gasteiger partial charge on any atom is 0.0542 e. The van der Waals surface area contributed by atoms with Crippen molar-refractivity contribution in [3.63, 3.8) is 0 Å². The van der Waals surface area contributed by atoms with E-state index < -0.39 is 0 Å². The summed E-state index contributed by atoms with van der Waals surface area (Å²) in [6.45, 7) is 0. The van der Waals surface area contributed by atoms with Crippen LogP contribution in [0.3, 0.4) is 0 Å². The number of hydrogen-bond acceptors (Lipinski definition) is 1. The second-order valence-electron chi connectivity index (χ2n) is 14.6. The van der Waals surface area contributed by atoms with Crippen molar-refractivity contribution in [1.82, 2.24) is 4.57 Å². The molecule has 2 heteroatoms. The maximum absolute atomic E-state index is 2.44. The zero-order valence-corrected chi connectivity index (χ0v) is 28.7. The third-order valence-electron chi connectivity index (χ3n) is 11.7. The fourth-order valence-corrected chi connectivity index (χ4v) is 9.32. The van der Waals surface area contributed by atoms with Crippen molar-refractivity contribution < 1.29 is 0 Å². The molecule has 2 aliphatic carbocycles. The van der Waals surface area contributed by atoms with Crippen molar-refractivity contribution in [1.29, 1.82) is 0 Å². The van der Waals surface area contributed by atoms with Crippen molar-refractivity contribution in [2.45, 2.75) is 31.6 Å². The molecule has 0 amide bonds. The molecule has 51 heavy (non-hydrogen) atoms. The number of anilines is 3. The number of fused-ring (bicyclic) bond motifs is 5. The van der Waals surface area contributed by atoms with E-state index >= 15 is 0 Å². The Morgan fingerprint density at radius 2 is 1.04 bits per heavy atom. The normalized spacial score (nSPS) is 18.1. The lowest BCUT2D eigenvalue weighted by molar-refractivity contribution is 0.420. The van der Waals surface area contributed by atoms with Crippen molar-refractivity contribution in [3.8, 4) is 27.9 Å². The van der Waals surface area contributed by atoms with E-state index in [9.17, 15) is 0 Å². The van der Waals surface area contributed by atoms with Gasteiger partial charge < -0.3 is 9.47 Å². The van der Waals surface area contributed by atoms with Gasteiger partial charge in [0, 0.05) is 33.5 Å². The Hall–Kier alpha value is -5.86. The zero-order valence-electron chi connectivity index (χ0n) is 28.7. The Labute approximate surface area is 300 Å².